The normalized spacial score (nSPS) is 12.1. The molecule has 2 aromatic heterocycles. The SMILES string of the molecule is COc1cc(NC(C)c2ncn[nH]2)ncn1. The molecule has 0 aliphatic carbocycles. The van der Waals surface area contributed by atoms with E-state index in [0.29, 0.717) is 11.7 Å². The number of methoxy groups -OCH3 is 1. The van der Waals surface area contributed by atoms with Gasteiger partial charge in [-0.15, -0.1) is 0 Å². The van der Waals surface area contributed by atoms with Gasteiger partial charge in [-0.25, -0.2) is 15.0 Å². The molecule has 2 heterocycles. The largest absolute Gasteiger partial charge is 0.481 e. The highest BCUT2D eigenvalue weighted by molar-refractivity contribution is 5.38. The summed E-state index contributed by atoms with van der Waals surface area (Å²) in [6, 6.07) is 1.70. The van der Waals surface area contributed by atoms with Crippen LogP contribution in [0.1, 0.15) is 18.8 Å². The smallest absolute Gasteiger partial charge is 0.218 e. The van der Waals surface area contributed by atoms with Crippen LogP contribution < -0.4 is 10.1 Å². The molecule has 1 atom stereocenters. The monoisotopic (exact) mass is 220 g/mol. The Balaban J connectivity index is 2.08. The van der Waals surface area contributed by atoms with Crippen molar-refractivity contribution in [2.45, 2.75) is 13.0 Å². The third-order valence-electron chi connectivity index (χ3n) is 2.06. The van der Waals surface area contributed by atoms with Crippen molar-refractivity contribution in [2.24, 2.45) is 0 Å². The Labute approximate surface area is 92.3 Å². The first kappa shape index (κ1) is 10.3. The van der Waals surface area contributed by atoms with Crippen LogP contribution in [-0.2, 0) is 0 Å². The Bertz CT molecular complexity index is 443. The molecule has 2 aromatic rings. The molecule has 2 rings (SSSR count). The van der Waals surface area contributed by atoms with Gasteiger partial charge in [0, 0.05) is 6.07 Å². The summed E-state index contributed by atoms with van der Waals surface area (Å²) >= 11 is 0. The fourth-order valence-corrected chi connectivity index (χ4v) is 1.24. The number of hydrogen-bond donors (Lipinski definition) is 2. The van der Waals surface area contributed by atoms with E-state index in [1.165, 1.54) is 12.7 Å². The van der Waals surface area contributed by atoms with Crippen LogP contribution in [0.25, 0.3) is 0 Å². The van der Waals surface area contributed by atoms with E-state index in [0.717, 1.165) is 5.82 Å². The van der Waals surface area contributed by atoms with Crippen molar-refractivity contribution in [3.8, 4) is 5.88 Å². The lowest BCUT2D eigenvalue weighted by atomic mass is 10.3. The molecule has 7 nitrogen and oxygen atoms in total. The van der Waals surface area contributed by atoms with Crippen LogP contribution in [0.5, 0.6) is 5.88 Å². The van der Waals surface area contributed by atoms with Crippen LogP contribution in [0.2, 0.25) is 0 Å². The second kappa shape index (κ2) is 4.56. The number of nitrogens with zero attached hydrogens (tertiary/aromatic N) is 4. The van der Waals surface area contributed by atoms with Crippen LogP contribution in [0, 0.1) is 0 Å². The molecule has 84 valence electrons. The van der Waals surface area contributed by atoms with E-state index in [4.69, 9.17) is 4.74 Å². The molecule has 0 fully saturated rings. The molecule has 0 saturated carbocycles. The van der Waals surface area contributed by atoms with Crippen molar-refractivity contribution in [2.75, 3.05) is 12.4 Å². The summed E-state index contributed by atoms with van der Waals surface area (Å²) in [5.74, 6) is 1.94. The van der Waals surface area contributed by atoms with E-state index in [1.807, 2.05) is 6.92 Å². The van der Waals surface area contributed by atoms with Gasteiger partial charge in [0.15, 0.2) is 0 Å². The van der Waals surface area contributed by atoms with Gasteiger partial charge in [0.05, 0.1) is 13.2 Å². The van der Waals surface area contributed by atoms with Crippen LogP contribution in [-0.4, -0.2) is 32.3 Å². The highest BCUT2D eigenvalue weighted by Crippen LogP contribution is 2.16. The van der Waals surface area contributed by atoms with E-state index in [2.05, 4.69) is 30.5 Å². The first-order chi connectivity index (χ1) is 7.79. The molecule has 0 radical (unpaired) electrons. The number of hydrogen-bond acceptors (Lipinski definition) is 6. The summed E-state index contributed by atoms with van der Waals surface area (Å²) < 4.78 is 5.00. The van der Waals surface area contributed by atoms with Gasteiger partial charge in [0.25, 0.3) is 0 Å². The Morgan fingerprint density at radius 2 is 2.19 bits per heavy atom. The van der Waals surface area contributed by atoms with Gasteiger partial charge in [0.1, 0.15) is 24.3 Å². The maximum Gasteiger partial charge on any atom is 0.218 e. The average molecular weight is 220 g/mol. The van der Waals surface area contributed by atoms with Crippen LogP contribution >= 0.6 is 0 Å². The fraction of sp³-hybridized carbons (Fsp3) is 0.333. The maximum absolute atomic E-state index is 5.00. The lowest BCUT2D eigenvalue weighted by molar-refractivity contribution is 0.397. The number of nitrogens with one attached hydrogen (secondary N) is 2. The van der Waals surface area contributed by atoms with Gasteiger partial charge in [-0.05, 0) is 6.92 Å². The second-order valence-corrected chi connectivity index (χ2v) is 3.18. The third kappa shape index (κ3) is 2.25. The Morgan fingerprint density at radius 3 is 2.88 bits per heavy atom. The lowest BCUT2D eigenvalue weighted by Crippen LogP contribution is -2.09. The molecular weight excluding hydrogens is 208 g/mol. The van der Waals surface area contributed by atoms with E-state index >= 15 is 0 Å². The summed E-state index contributed by atoms with van der Waals surface area (Å²) in [6.45, 7) is 1.95. The molecule has 16 heavy (non-hydrogen) atoms. The minimum atomic E-state index is -0.0119. The summed E-state index contributed by atoms with van der Waals surface area (Å²) in [5.41, 5.74) is 0. The van der Waals surface area contributed by atoms with E-state index in [9.17, 15) is 0 Å². The van der Waals surface area contributed by atoms with E-state index in [-0.39, 0.29) is 6.04 Å². The molecule has 0 aromatic carbocycles. The zero-order valence-electron chi connectivity index (χ0n) is 9.01. The van der Waals surface area contributed by atoms with Crippen LogP contribution in [0.4, 0.5) is 5.82 Å². The van der Waals surface area contributed by atoms with Crippen LogP contribution in [0.3, 0.4) is 0 Å². The molecular formula is C9H12N6O. The zero-order valence-corrected chi connectivity index (χ0v) is 9.01. The summed E-state index contributed by atoms with van der Waals surface area (Å²) in [5, 5.41) is 9.73. The number of ether oxygens (including phenoxy) is 1. The first-order valence-corrected chi connectivity index (χ1v) is 4.77. The van der Waals surface area contributed by atoms with Crippen molar-refractivity contribution in [3.63, 3.8) is 0 Å². The minimum absolute atomic E-state index is 0.0119. The number of anilines is 1. The number of aromatic amines is 1. The number of rotatable bonds is 4. The van der Waals surface area contributed by atoms with Crippen molar-refractivity contribution >= 4 is 5.82 Å². The third-order valence-corrected chi connectivity index (χ3v) is 2.06. The van der Waals surface area contributed by atoms with E-state index in [1.54, 1.807) is 13.2 Å². The van der Waals surface area contributed by atoms with Crippen molar-refractivity contribution in [3.05, 3.63) is 24.5 Å². The van der Waals surface area contributed by atoms with Gasteiger partial charge >= 0.3 is 0 Å². The minimum Gasteiger partial charge on any atom is -0.481 e. The quantitative estimate of drug-likeness (QED) is 0.791. The van der Waals surface area contributed by atoms with Gasteiger partial charge in [0.2, 0.25) is 5.88 Å². The lowest BCUT2D eigenvalue weighted by Gasteiger charge is -2.11. The zero-order chi connectivity index (χ0) is 11.4. The Kier molecular flexibility index (Phi) is 2.95. The predicted octanol–water partition coefficient (Wildman–Crippen LogP) is 0.776. The summed E-state index contributed by atoms with van der Waals surface area (Å²) in [7, 11) is 1.56. The molecule has 0 aliphatic heterocycles. The van der Waals surface area contributed by atoms with Crippen molar-refractivity contribution < 1.29 is 4.74 Å². The van der Waals surface area contributed by atoms with Crippen molar-refractivity contribution in [1.29, 1.82) is 0 Å². The van der Waals surface area contributed by atoms with Gasteiger partial charge < -0.3 is 10.1 Å². The Morgan fingerprint density at radius 1 is 1.31 bits per heavy atom. The molecule has 0 amide bonds. The molecule has 1 unspecified atom stereocenters. The van der Waals surface area contributed by atoms with Gasteiger partial charge in [-0.3, -0.25) is 5.10 Å². The van der Waals surface area contributed by atoms with E-state index < -0.39 is 0 Å². The molecule has 2 N–H and O–H groups in total. The van der Waals surface area contributed by atoms with Gasteiger partial charge in [-0.1, -0.05) is 0 Å². The molecule has 0 saturated heterocycles. The van der Waals surface area contributed by atoms with Crippen LogP contribution in [0.15, 0.2) is 18.7 Å². The predicted molar refractivity (Wildman–Crippen MR) is 57.0 cm³/mol. The Hall–Kier alpha value is -2.18. The fourth-order valence-electron chi connectivity index (χ4n) is 1.24. The molecule has 7 heteroatoms. The average Bonchev–Trinajstić information content (AvgIpc) is 2.83. The highest BCUT2D eigenvalue weighted by atomic mass is 16.5. The highest BCUT2D eigenvalue weighted by Gasteiger charge is 2.09. The summed E-state index contributed by atoms with van der Waals surface area (Å²) in [6.07, 6.45) is 2.91. The standard InChI is InChI=1S/C9H12N6O/c1-6(9-12-5-13-15-9)14-7-3-8(16-2)11-4-10-7/h3-6H,1-2H3,(H,10,11,14)(H,12,13,15). The van der Waals surface area contributed by atoms with Gasteiger partial charge in [-0.2, -0.15) is 5.10 Å². The topological polar surface area (TPSA) is 88.6 Å². The number of aromatic nitrogens is 5. The molecule has 0 bridgehead atoms. The molecule has 0 spiro atoms. The maximum atomic E-state index is 5.00. The molecule has 0 aliphatic rings. The first-order valence-electron chi connectivity index (χ1n) is 4.77. The van der Waals surface area contributed by atoms with Crippen molar-refractivity contribution in [1.82, 2.24) is 25.1 Å². The summed E-state index contributed by atoms with van der Waals surface area (Å²) in [4.78, 5) is 12.0. The number of H-pyrrole nitrogens is 1. The second-order valence-electron chi connectivity index (χ2n) is 3.18.